The van der Waals surface area contributed by atoms with E-state index in [4.69, 9.17) is 5.11 Å². The van der Waals surface area contributed by atoms with Gasteiger partial charge in [0.05, 0.1) is 17.4 Å². The van der Waals surface area contributed by atoms with Gasteiger partial charge in [-0.1, -0.05) is 12.1 Å². The first-order chi connectivity index (χ1) is 10.1. The molecule has 0 saturated carbocycles. The van der Waals surface area contributed by atoms with E-state index in [2.05, 4.69) is 9.97 Å². The molecule has 0 unspecified atom stereocenters. The topological polar surface area (TPSA) is 83.3 Å². The van der Waals surface area contributed by atoms with Crippen LogP contribution in [0.1, 0.15) is 10.4 Å². The van der Waals surface area contributed by atoms with Gasteiger partial charge in [0.2, 0.25) is 0 Å². The van der Waals surface area contributed by atoms with E-state index >= 15 is 0 Å². The van der Waals surface area contributed by atoms with Gasteiger partial charge in [0.15, 0.2) is 0 Å². The smallest absolute Gasteiger partial charge is 0.341 e. The van der Waals surface area contributed by atoms with E-state index in [1.54, 1.807) is 12.1 Å². The Balaban J connectivity index is 2.22. The number of nitrogens with zero attached hydrogens (tertiary/aromatic N) is 2. The van der Waals surface area contributed by atoms with Gasteiger partial charge < -0.3 is 10.2 Å². The molecule has 21 heavy (non-hydrogen) atoms. The molecule has 0 aliphatic heterocycles. The third-order valence-electron chi connectivity index (χ3n) is 3.03. The fraction of sp³-hybridized carbons (Fsp3) is 0. The quantitative estimate of drug-likeness (QED) is 0.756. The zero-order chi connectivity index (χ0) is 15.0. The number of carboxylic acids is 1. The second kappa shape index (κ2) is 4.82. The lowest BCUT2D eigenvalue weighted by Gasteiger charge is -2.06. The monoisotopic (exact) mass is 284 g/mol. The first kappa shape index (κ1) is 13.0. The molecule has 0 bridgehead atoms. The van der Waals surface area contributed by atoms with Crippen molar-refractivity contribution in [1.29, 1.82) is 0 Å². The molecule has 2 N–H and O–H groups in total. The van der Waals surface area contributed by atoms with Gasteiger partial charge in [-0.3, -0.25) is 4.98 Å². The summed E-state index contributed by atoms with van der Waals surface area (Å²) in [5.74, 6) is -2.06. The van der Waals surface area contributed by atoms with Crippen LogP contribution in [0.3, 0.4) is 0 Å². The van der Waals surface area contributed by atoms with Gasteiger partial charge in [-0.2, -0.15) is 0 Å². The van der Waals surface area contributed by atoms with E-state index in [-0.39, 0.29) is 16.8 Å². The summed E-state index contributed by atoms with van der Waals surface area (Å²) in [6, 6.07) is 8.57. The Morgan fingerprint density at radius 3 is 2.71 bits per heavy atom. The van der Waals surface area contributed by atoms with Crippen molar-refractivity contribution < 1.29 is 19.4 Å². The van der Waals surface area contributed by atoms with Crippen molar-refractivity contribution in [3.05, 3.63) is 54.0 Å². The average molecular weight is 284 g/mol. The van der Waals surface area contributed by atoms with Crippen LogP contribution in [-0.2, 0) is 0 Å². The highest BCUT2D eigenvalue weighted by Crippen LogP contribution is 2.26. The molecule has 6 heteroatoms. The Morgan fingerprint density at radius 2 is 2.00 bits per heavy atom. The second-order valence-corrected chi connectivity index (χ2v) is 4.40. The molecule has 5 nitrogen and oxygen atoms in total. The molecule has 2 aromatic carbocycles. The van der Waals surface area contributed by atoms with E-state index in [1.165, 1.54) is 30.5 Å². The Morgan fingerprint density at radius 1 is 1.19 bits per heavy atom. The highest BCUT2D eigenvalue weighted by atomic mass is 19.1. The van der Waals surface area contributed by atoms with Crippen molar-refractivity contribution in [3.63, 3.8) is 0 Å². The summed E-state index contributed by atoms with van der Waals surface area (Å²) in [5, 5.41) is 18.7. The molecule has 1 aromatic heterocycles. The summed E-state index contributed by atoms with van der Waals surface area (Å²) < 4.78 is 13.2. The number of hydrogen-bond donors (Lipinski definition) is 2. The molecule has 1 heterocycles. The first-order valence-electron chi connectivity index (χ1n) is 6.04. The van der Waals surface area contributed by atoms with Crippen LogP contribution in [0.5, 0.6) is 5.75 Å². The number of phenols is 1. The van der Waals surface area contributed by atoms with Crippen LogP contribution in [0.25, 0.3) is 22.3 Å². The lowest BCUT2D eigenvalue weighted by molar-refractivity contribution is 0.0696. The zero-order valence-electron chi connectivity index (χ0n) is 10.6. The summed E-state index contributed by atoms with van der Waals surface area (Å²) in [4.78, 5) is 19.5. The van der Waals surface area contributed by atoms with E-state index < -0.39 is 11.8 Å². The van der Waals surface area contributed by atoms with Crippen LogP contribution in [0, 0.1) is 5.82 Å². The van der Waals surface area contributed by atoms with Crippen molar-refractivity contribution in [1.82, 2.24) is 9.97 Å². The van der Waals surface area contributed by atoms with Crippen LogP contribution < -0.4 is 0 Å². The van der Waals surface area contributed by atoms with Gasteiger partial charge in [-0.05, 0) is 24.3 Å². The molecule has 0 aliphatic carbocycles. The van der Waals surface area contributed by atoms with Crippen LogP contribution in [-0.4, -0.2) is 26.2 Å². The fourth-order valence-electron chi connectivity index (χ4n) is 2.07. The maximum Gasteiger partial charge on any atom is 0.341 e. The van der Waals surface area contributed by atoms with Gasteiger partial charge in [0.1, 0.15) is 22.6 Å². The third kappa shape index (κ3) is 2.27. The summed E-state index contributed by atoms with van der Waals surface area (Å²) in [7, 11) is 0. The summed E-state index contributed by atoms with van der Waals surface area (Å²) in [5.41, 5.74) is 1.05. The Labute approximate surface area is 118 Å². The summed E-state index contributed by atoms with van der Waals surface area (Å²) in [6.45, 7) is 0. The molecule has 0 fully saturated rings. The molecular formula is C15H9FN2O3. The van der Waals surface area contributed by atoms with Crippen molar-refractivity contribution in [3.8, 4) is 17.0 Å². The van der Waals surface area contributed by atoms with Crippen molar-refractivity contribution >= 4 is 17.0 Å². The lowest BCUT2D eigenvalue weighted by Crippen LogP contribution is -2.01. The van der Waals surface area contributed by atoms with E-state index in [1.807, 2.05) is 0 Å². The normalized spacial score (nSPS) is 10.7. The Kier molecular flexibility index (Phi) is 2.98. The third-order valence-corrected chi connectivity index (χ3v) is 3.03. The first-order valence-corrected chi connectivity index (χ1v) is 6.04. The minimum absolute atomic E-state index is 0.0858. The number of benzene rings is 2. The molecule has 0 atom stereocenters. The van der Waals surface area contributed by atoms with E-state index in [9.17, 15) is 14.3 Å². The van der Waals surface area contributed by atoms with Crippen LogP contribution in [0.15, 0.2) is 42.6 Å². The molecular weight excluding hydrogens is 275 g/mol. The summed E-state index contributed by atoms with van der Waals surface area (Å²) in [6.07, 6.45) is 1.35. The minimum Gasteiger partial charge on any atom is -0.507 e. The lowest BCUT2D eigenvalue weighted by atomic mass is 10.1. The van der Waals surface area contributed by atoms with Gasteiger partial charge >= 0.3 is 5.97 Å². The molecule has 0 saturated heterocycles. The summed E-state index contributed by atoms with van der Waals surface area (Å²) >= 11 is 0. The number of carbonyl (C=O) groups is 1. The molecule has 3 aromatic rings. The van der Waals surface area contributed by atoms with Crippen LogP contribution >= 0.6 is 0 Å². The maximum atomic E-state index is 13.2. The standard InChI is InChI=1S/C15H9FN2O3/c16-9-3-1-2-8(6-9)11-7-17-14-10(18-11)4-5-12(19)13(14)15(20)21/h1-7,19H,(H,20,21). The predicted molar refractivity (Wildman–Crippen MR) is 73.6 cm³/mol. The number of aromatic nitrogens is 2. The van der Waals surface area contributed by atoms with E-state index in [0.717, 1.165) is 0 Å². The minimum atomic E-state index is -1.29. The largest absolute Gasteiger partial charge is 0.507 e. The number of hydrogen-bond acceptors (Lipinski definition) is 4. The number of fused-ring (bicyclic) bond motifs is 1. The van der Waals surface area contributed by atoms with Crippen LogP contribution in [0.4, 0.5) is 4.39 Å². The molecule has 104 valence electrons. The van der Waals surface area contributed by atoms with Crippen molar-refractivity contribution in [2.75, 3.05) is 0 Å². The van der Waals surface area contributed by atoms with Gasteiger partial charge in [0.25, 0.3) is 0 Å². The van der Waals surface area contributed by atoms with Gasteiger partial charge in [-0.15, -0.1) is 0 Å². The predicted octanol–water partition coefficient (Wildman–Crippen LogP) is 2.84. The maximum absolute atomic E-state index is 13.2. The second-order valence-electron chi connectivity index (χ2n) is 4.40. The highest BCUT2D eigenvalue weighted by molar-refractivity contribution is 6.03. The molecule has 3 rings (SSSR count). The highest BCUT2D eigenvalue weighted by Gasteiger charge is 2.16. The van der Waals surface area contributed by atoms with Crippen molar-refractivity contribution in [2.45, 2.75) is 0 Å². The zero-order valence-corrected chi connectivity index (χ0v) is 10.6. The van der Waals surface area contributed by atoms with Crippen LogP contribution in [0.2, 0.25) is 0 Å². The fourth-order valence-corrected chi connectivity index (χ4v) is 2.07. The Bertz CT molecular complexity index is 865. The number of aromatic hydroxyl groups is 1. The number of halogens is 1. The molecule has 0 aliphatic rings. The molecule has 0 amide bonds. The number of carboxylic acid groups (broad SMARTS) is 1. The number of rotatable bonds is 2. The van der Waals surface area contributed by atoms with Crippen molar-refractivity contribution in [2.24, 2.45) is 0 Å². The molecule has 0 spiro atoms. The molecule has 0 radical (unpaired) electrons. The SMILES string of the molecule is O=C(O)c1c(O)ccc2nc(-c3cccc(F)c3)cnc12. The van der Waals surface area contributed by atoms with Gasteiger partial charge in [-0.25, -0.2) is 14.2 Å². The van der Waals surface area contributed by atoms with Gasteiger partial charge in [0, 0.05) is 5.56 Å². The van der Waals surface area contributed by atoms with E-state index in [0.29, 0.717) is 16.8 Å². The number of aromatic carboxylic acids is 1. The average Bonchev–Trinajstić information content (AvgIpc) is 2.46. The Hall–Kier alpha value is -3.02.